The number of ether oxygens (including phenoxy) is 2. The van der Waals surface area contributed by atoms with E-state index in [1.165, 1.54) is 20.3 Å². The lowest BCUT2D eigenvalue weighted by Gasteiger charge is -2.18. The van der Waals surface area contributed by atoms with Crippen molar-refractivity contribution < 1.29 is 17.9 Å². The highest BCUT2D eigenvalue weighted by Crippen LogP contribution is 2.35. The van der Waals surface area contributed by atoms with Crippen molar-refractivity contribution >= 4 is 21.7 Å². The molecule has 1 aromatic rings. The lowest BCUT2D eigenvalue weighted by Crippen LogP contribution is -2.26. The fourth-order valence-electron chi connectivity index (χ4n) is 1.52. The van der Waals surface area contributed by atoms with Crippen LogP contribution in [-0.4, -0.2) is 28.5 Å². The first kappa shape index (κ1) is 11.5. The second-order valence-corrected chi connectivity index (χ2v) is 4.64. The van der Waals surface area contributed by atoms with E-state index in [1.807, 2.05) is 0 Å². The molecule has 0 atom stereocenters. The molecule has 2 rings (SSSR count). The molecule has 0 saturated carbocycles. The molecule has 17 heavy (non-hydrogen) atoms. The Hall–Kier alpha value is -1.96. The molecule has 1 aliphatic heterocycles. The maximum atomic E-state index is 11.3. The SMILES string of the molecule is COc1cc2c(cc1OC)C(N)=NS(=O)(=O)N2. The molecule has 1 heterocycles. The Labute approximate surface area is 98.4 Å². The molecule has 92 valence electrons. The van der Waals surface area contributed by atoms with Crippen molar-refractivity contribution in [3.05, 3.63) is 17.7 Å². The summed E-state index contributed by atoms with van der Waals surface area (Å²) in [7, 11) is -0.839. The third kappa shape index (κ3) is 1.98. The minimum absolute atomic E-state index is 0.0836. The van der Waals surface area contributed by atoms with E-state index in [-0.39, 0.29) is 5.84 Å². The van der Waals surface area contributed by atoms with E-state index in [0.29, 0.717) is 22.7 Å². The fraction of sp³-hybridized carbons (Fsp3) is 0.222. The van der Waals surface area contributed by atoms with Gasteiger partial charge in [0.05, 0.1) is 19.9 Å². The molecule has 0 amide bonds. The zero-order valence-electron chi connectivity index (χ0n) is 9.22. The lowest BCUT2D eigenvalue weighted by molar-refractivity contribution is 0.355. The first-order valence-electron chi connectivity index (χ1n) is 4.61. The molecule has 0 radical (unpaired) electrons. The second kappa shape index (κ2) is 3.81. The molecule has 7 nitrogen and oxygen atoms in total. The van der Waals surface area contributed by atoms with E-state index in [2.05, 4.69) is 9.12 Å². The maximum absolute atomic E-state index is 11.3. The van der Waals surface area contributed by atoms with Crippen LogP contribution in [0.25, 0.3) is 0 Å². The summed E-state index contributed by atoms with van der Waals surface area (Å²) in [6.07, 6.45) is 0. The van der Waals surface area contributed by atoms with Crippen LogP contribution >= 0.6 is 0 Å². The van der Waals surface area contributed by atoms with Gasteiger partial charge in [-0.05, 0) is 6.07 Å². The van der Waals surface area contributed by atoms with Crippen molar-refractivity contribution in [2.24, 2.45) is 10.1 Å². The van der Waals surface area contributed by atoms with Crippen LogP contribution in [0.1, 0.15) is 5.56 Å². The zero-order chi connectivity index (χ0) is 12.6. The fourth-order valence-corrected chi connectivity index (χ4v) is 2.37. The molecule has 1 aromatic carbocycles. The van der Waals surface area contributed by atoms with Crippen molar-refractivity contribution in [3.63, 3.8) is 0 Å². The van der Waals surface area contributed by atoms with Gasteiger partial charge in [0.1, 0.15) is 5.84 Å². The van der Waals surface area contributed by atoms with Crippen LogP contribution in [0, 0.1) is 0 Å². The number of hydrogen-bond donors (Lipinski definition) is 2. The Morgan fingerprint density at radius 2 is 1.82 bits per heavy atom. The van der Waals surface area contributed by atoms with Gasteiger partial charge >= 0.3 is 10.2 Å². The number of nitrogens with two attached hydrogens (primary N) is 1. The number of anilines is 1. The molecule has 0 fully saturated rings. The molecule has 8 heteroatoms. The Bertz CT molecular complexity index is 595. The van der Waals surface area contributed by atoms with E-state index >= 15 is 0 Å². The number of rotatable bonds is 2. The smallest absolute Gasteiger partial charge is 0.344 e. The number of amidine groups is 1. The summed E-state index contributed by atoms with van der Waals surface area (Å²) < 4.78 is 38.4. The number of nitrogens with one attached hydrogen (secondary N) is 1. The predicted molar refractivity (Wildman–Crippen MR) is 62.8 cm³/mol. The first-order valence-corrected chi connectivity index (χ1v) is 6.05. The van der Waals surface area contributed by atoms with Crippen LogP contribution in [-0.2, 0) is 10.2 Å². The van der Waals surface area contributed by atoms with Crippen molar-refractivity contribution in [3.8, 4) is 11.5 Å². The summed E-state index contributed by atoms with van der Waals surface area (Å²) >= 11 is 0. The molecule has 3 N–H and O–H groups in total. The average Bonchev–Trinajstić information content (AvgIpc) is 2.26. The van der Waals surface area contributed by atoms with Crippen molar-refractivity contribution in [1.82, 2.24) is 0 Å². The Morgan fingerprint density at radius 1 is 1.24 bits per heavy atom. The molecule has 0 aliphatic carbocycles. The topological polar surface area (TPSA) is 103 Å². The van der Waals surface area contributed by atoms with Gasteiger partial charge in [0, 0.05) is 11.6 Å². The van der Waals surface area contributed by atoms with Gasteiger partial charge in [-0.15, -0.1) is 4.40 Å². The van der Waals surface area contributed by atoms with Gasteiger partial charge in [0.25, 0.3) is 0 Å². The van der Waals surface area contributed by atoms with E-state index in [0.717, 1.165) is 0 Å². The highest BCUT2D eigenvalue weighted by atomic mass is 32.2. The molecule has 1 aliphatic rings. The number of methoxy groups -OCH3 is 2. The van der Waals surface area contributed by atoms with Crippen molar-refractivity contribution in [2.45, 2.75) is 0 Å². The van der Waals surface area contributed by atoms with E-state index in [4.69, 9.17) is 15.2 Å². The minimum Gasteiger partial charge on any atom is -0.493 e. The molecular formula is C9H11N3O4S. The summed E-state index contributed by atoms with van der Waals surface area (Å²) in [5.41, 5.74) is 6.34. The van der Waals surface area contributed by atoms with Crippen LogP contribution in [0.5, 0.6) is 11.5 Å². The predicted octanol–water partition coefficient (Wildman–Crippen LogP) is 0.0794. The zero-order valence-corrected chi connectivity index (χ0v) is 10.0. The summed E-state index contributed by atoms with van der Waals surface area (Å²) in [5.74, 6) is 0.772. The highest BCUT2D eigenvalue weighted by molar-refractivity contribution is 7.91. The van der Waals surface area contributed by atoms with Crippen LogP contribution in [0.2, 0.25) is 0 Å². The van der Waals surface area contributed by atoms with Gasteiger partial charge in [0.15, 0.2) is 11.5 Å². The molecule has 0 aromatic heterocycles. The number of benzene rings is 1. The normalized spacial score (nSPS) is 16.5. The van der Waals surface area contributed by atoms with E-state index in [9.17, 15) is 8.42 Å². The van der Waals surface area contributed by atoms with Gasteiger partial charge in [-0.25, -0.2) is 0 Å². The van der Waals surface area contributed by atoms with Gasteiger partial charge < -0.3 is 15.2 Å². The van der Waals surface area contributed by atoms with Gasteiger partial charge in [-0.3, -0.25) is 4.72 Å². The molecule has 0 spiro atoms. The molecule has 0 saturated heterocycles. The third-order valence-corrected chi connectivity index (χ3v) is 3.17. The second-order valence-electron chi connectivity index (χ2n) is 3.31. The maximum Gasteiger partial charge on any atom is 0.344 e. The largest absolute Gasteiger partial charge is 0.493 e. The number of fused-ring (bicyclic) bond motifs is 1. The quantitative estimate of drug-likeness (QED) is 0.781. The van der Waals surface area contributed by atoms with Gasteiger partial charge in [-0.1, -0.05) is 0 Å². The average molecular weight is 257 g/mol. The van der Waals surface area contributed by atoms with Crippen LogP contribution in [0.3, 0.4) is 0 Å². The minimum atomic E-state index is -3.77. The summed E-state index contributed by atoms with van der Waals surface area (Å²) in [6.45, 7) is 0. The summed E-state index contributed by atoms with van der Waals surface area (Å²) in [6, 6.07) is 3.06. The molecular weight excluding hydrogens is 246 g/mol. The monoisotopic (exact) mass is 257 g/mol. The van der Waals surface area contributed by atoms with Gasteiger partial charge in [-0.2, -0.15) is 8.42 Å². The first-order chi connectivity index (χ1) is 7.96. The van der Waals surface area contributed by atoms with Crippen molar-refractivity contribution in [1.29, 1.82) is 0 Å². The Morgan fingerprint density at radius 3 is 2.41 bits per heavy atom. The van der Waals surface area contributed by atoms with Gasteiger partial charge in [0.2, 0.25) is 0 Å². The number of hydrogen-bond acceptors (Lipinski definition) is 5. The standard InChI is InChI=1S/C9H11N3O4S/c1-15-7-3-5-6(4-8(7)16-2)11-17(13,14)12-9(5)10/h3-4,11H,1-2H3,(H2,10,12). The summed E-state index contributed by atoms with van der Waals surface area (Å²) in [5, 5.41) is 0. The van der Waals surface area contributed by atoms with Crippen LogP contribution in [0.4, 0.5) is 5.69 Å². The molecule has 0 unspecified atom stereocenters. The van der Waals surface area contributed by atoms with Crippen LogP contribution in [0.15, 0.2) is 16.5 Å². The number of nitrogens with zero attached hydrogens (tertiary/aromatic N) is 1. The lowest BCUT2D eigenvalue weighted by atomic mass is 10.1. The van der Waals surface area contributed by atoms with Crippen LogP contribution < -0.4 is 19.9 Å². The van der Waals surface area contributed by atoms with E-state index in [1.54, 1.807) is 6.07 Å². The summed E-state index contributed by atoms with van der Waals surface area (Å²) in [4.78, 5) is 0. The Kier molecular flexibility index (Phi) is 2.58. The Balaban J connectivity index is 2.65. The molecule has 0 bridgehead atoms. The third-order valence-electron chi connectivity index (χ3n) is 2.26. The highest BCUT2D eigenvalue weighted by Gasteiger charge is 2.23. The van der Waals surface area contributed by atoms with Crippen molar-refractivity contribution in [2.75, 3.05) is 18.9 Å². The van der Waals surface area contributed by atoms with E-state index < -0.39 is 10.2 Å².